The molecule has 17 heavy (non-hydrogen) atoms. The fourth-order valence-electron chi connectivity index (χ4n) is 2.85. The zero-order valence-electron chi connectivity index (χ0n) is 11.2. The van der Waals surface area contributed by atoms with Crippen LogP contribution >= 0.6 is 0 Å². The van der Waals surface area contributed by atoms with E-state index in [1.165, 1.54) is 12.8 Å². The first kappa shape index (κ1) is 14.5. The molecule has 0 radical (unpaired) electrons. The molecule has 0 spiro atoms. The molecule has 1 fully saturated rings. The fraction of sp³-hybridized carbons (Fsp3) is 0.929. The van der Waals surface area contributed by atoms with E-state index in [9.17, 15) is 4.79 Å². The standard InChI is InChI=1S/C14H27NO2/c1-3-5-12(8-9-16)10-15-14(17)13-7-4-6-11(13)2/h11-13,16H,3-10H2,1-2H3,(H,15,17). The van der Waals surface area contributed by atoms with E-state index < -0.39 is 0 Å². The summed E-state index contributed by atoms with van der Waals surface area (Å²) in [6.45, 7) is 5.27. The Labute approximate surface area is 105 Å². The molecule has 3 atom stereocenters. The van der Waals surface area contributed by atoms with Gasteiger partial charge in [0.2, 0.25) is 5.91 Å². The van der Waals surface area contributed by atoms with Crippen molar-refractivity contribution in [1.29, 1.82) is 0 Å². The summed E-state index contributed by atoms with van der Waals surface area (Å²) in [5, 5.41) is 12.0. The quantitative estimate of drug-likeness (QED) is 0.719. The van der Waals surface area contributed by atoms with Gasteiger partial charge >= 0.3 is 0 Å². The van der Waals surface area contributed by atoms with Crippen molar-refractivity contribution < 1.29 is 9.90 Å². The number of carbonyl (C=O) groups excluding carboxylic acids is 1. The molecule has 2 N–H and O–H groups in total. The molecule has 0 aromatic rings. The third kappa shape index (κ3) is 4.66. The zero-order chi connectivity index (χ0) is 12.7. The number of aliphatic hydroxyl groups is 1. The monoisotopic (exact) mass is 241 g/mol. The average molecular weight is 241 g/mol. The molecule has 1 aliphatic carbocycles. The van der Waals surface area contributed by atoms with Crippen molar-refractivity contribution in [3.63, 3.8) is 0 Å². The van der Waals surface area contributed by atoms with Gasteiger partial charge in [0.1, 0.15) is 0 Å². The van der Waals surface area contributed by atoms with Crippen LogP contribution < -0.4 is 5.32 Å². The Morgan fingerprint density at radius 1 is 1.41 bits per heavy atom. The summed E-state index contributed by atoms with van der Waals surface area (Å²) in [5.74, 6) is 1.43. The van der Waals surface area contributed by atoms with E-state index in [0.29, 0.717) is 11.8 Å². The second kappa shape index (κ2) is 7.70. The molecule has 3 nitrogen and oxygen atoms in total. The first-order valence-electron chi connectivity index (χ1n) is 7.07. The van der Waals surface area contributed by atoms with Gasteiger partial charge in [-0.25, -0.2) is 0 Å². The van der Waals surface area contributed by atoms with E-state index in [2.05, 4.69) is 19.2 Å². The highest BCUT2D eigenvalue weighted by molar-refractivity contribution is 5.79. The van der Waals surface area contributed by atoms with Gasteiger partial charge in [-0.15, -0.1) is 0 Å². The van der Waals surface area contributed by atoms with Gasteiger partial charge < -0.3 is 10.4 Å². The van der Waals surface area contributed by atoms with Crippen LogP contribution in [0.4, 0.5) is 0 Å². The molecule has 1 rings (SSSR count). The normalized spacial score (nSPS) is 25.8. The SMILES string of the molecule is CCCC(CCO)CNC(=O)C1CCCC1C. The molecule has 0 aliphatic heterocycles. The molecule has 1 aliphatic rings. The average Bonchev–Trinajstić information content (AvgIpc) is 2.72. The molecule has 0 aromatic heterocycles. The van der Waals surface area contributed by atoms with Crippen molar-refractivity contribution in [3.05, 3.63) is 0 Å². The van der Waals surface area contributed by atoms with Crippen LogP contribution in [0.2, 0.25) is 0 Å². The van der Waals surface area contributed by atoms with Crippen LogP contribution in [-0.4, -0.2) is 24.2 Å². The minimum Gasteiger partial charge on any atom is -0.396 e. The maximum Gasteiger partial charge on any atom is 0.223 e. The number of nitrogens with one attached hydrogen (secondary N) is 1. The third-order valence-electron chi connectivity index (χ3n) is 4.00. The molecule has 100 valence electrons. The Hall–Kier alpha value is -0.570. The van der Waals surface area contributed by atoms with Gasteiger partial charge in [-0.2, -0.15) is 0 Å². The summed E-state index contributed by atoms with van der Waals surface area (Å²) >= 11 is 0. The van der Waals surface area contributed by atoms with Crippen LogP contribution in [0.5, 0.6) is 0 Å². The van der Waals surface area contributed by atoms with E-state index in [-0.39, 0.29) is 18.4 Å². The van der Waals surface area contributed by atoms with Crippen molar-refractivity contribution in [3.8, 4) is 0 Å². The molecule has 1 amide bonds. The van der Waals surface area contributed by atoms with Crippen LogP contribution in [-0.2, 0) is 4.79 Å². The van der Waals surface area contributed by atoms with Crippen LogP contribution in [0.1, 0.15) is 52.4 Å². The van der Waals surface area contributed by atoms with Crippen molar-refractivity contribution in [2.24, 2.45) is 17.8 Å². The molecule has 0 saturated heterocycles. The van der Waals surface area contributed by atoms with Crippen LogP contribution in [0.3, 0.4) is 0 Å². The van der Waals surface area contributed by atoms with Crippen LogP contribution in [0.15, 0.2) is 0 Å². The number of amides is 1. The Morgan fingerprint density at radius 2 is 2.18 bits per heavy atom. The zero-order valence-corrected chi connectivity index (χ0v) is 11.2. The van der Waals surface area contributed by atoms with Crippen molar-refractivity contribution >= 4 is 5.91 Å². The number of carbonyl (C=O) groups is 1. The molecule has 3 unspecified atom stereocenters. The van der Waals surface area contributed by atoms with E-state index in [4.69, 9.17) is 5.11 Å². The van der Waals surface area contributed by atoms with E-state index in [1.807, 2.05) is 0 Å². The Kier molecular flexibility index (Phi) is 6.56. The Balaban J connectivity index is 2.29. The Bertz CT molecular complexity index is 224. The van der Waals surface area contributed by atoms with Crippen LogP contribution in [0.25, 0.3) is 0 Å². The number of aliphatic hydroxyl groups excluding tert-OH is 1. The number of rotatable bonds is 7. The first-order valence-corrected chi connectivity index (χ1v) is 7.07. The van der Waals surface area contributed by atoms with Gasteiger partial charge in [-0.05, 0) is 37.5 Å². The first-order chi connectivity index (χ1) is 8.19. The van der Waals surface area contributed by atoms with Crippen LogP contribution in [0, 0.1) is 17.8 Å². The minimum atomic E-state index is 0.223. The van der Waals surface area contributed by atoms with Gasteiger partial charge in [-0.3, -0.25) is 4.79 Å². The summed E-state index contributed by atoms with van der Waals surface area (Å²) < 4.78 is 0. The van der Waals surface area contributed by atoms with Crippen molar-refractivity contribution in [2.45, 2.75) is 52.4 Å². The highest BCUT2D eigenvalue weighted by Gasteiger charge is 2.29. The van der Waals surface area contributed by atoms with Gasteiger partial charge in [0.25, 0.3) is 0 Å². The number of hydrogen-bond donors (Lipinski definition) is 2. The van der Waals surface area contributed by atoms with Gasteiger partial charge in [0.05, 0.1) is 0 Å². The lowest BCUT2D eigenvalue weighted by molar-refractivity contribution is -0.126. The predicted molar refractivity (Wildman–Crippen MR) is 69.6 cm³/mol. The van der Waals surface area contributed by atoms with E-state index in [0.717, 1.165) is 32.2 Å². The summed E-state index contributed by atoms with van der Waals surface area (Å²) in [6, 6.07) is 0. The van der Waals surface area contributed by atoms with Gasteiger partial charge in [0.15, 0.2) is 0 Å². The summed E-state index contributed by atoms with van der Waals surface area (Å²) in [5.41, 5.74) is 0. The molecule has 0 bridgehead atoms. The topological polar surface area (TPSA) is 49.3 Å². The summed E-state index contributed by atoms with van der Waals surface area (Å²) in [7, 11) is 0. The Morgan fingerprint density at radius 3 is 2.71 bits per heavy atom. The lowest BCUT2D eigenvalue weighted by atomic mass is 9.96. The summed E-state index contributed by atoms with van der Waals surface area (Å²) in [6.07, 6.45) is 6.42. The van der Waals surface area contributed by atoms with Gasteiger partial charge in [0, 0.05) is 19.1 Å². The van der Waals surface area contributed by atoms with Crippen molar-refractivity contribution in [1.82, 2.24) is 5.32 Å². The molecule has 0 aromatic carbocycles. The molecule has 1 saturated carbocycles. The fourth-order valence-corrected chi connectivity index (χ4v) is 2.85. The lowest BCUT2D eigenvalue weighted by Gasteiger charge is -2.19. The highest BCUT2D eigenvalue weighted by atomic mass is 16.3. The highest BCUT2D eigenvalue weighted by Crippen LogP contribution is 2.31. The predicted octanol–water partition coefficient (Wildman–Crippen LogP) is 2.34. The third-order valence-corrected chi connectivity index (χ3v) is 4.00. The maximum absolute atomic E-state index is 12.0. The number of hydrogen-bond acceptors (Lipinski definition) is 2. The minimum absolute atomic E-state index is 0.223. The van der Waals surface area contributed by atoms with Gasteiger partial charge in [-0.1, -0.05) is 26.7 Å². The van der Waals surface area contributed by atoms with E-state index >= 15 is 0 Å². The molecule has 0 heterocycles. The molecular weight excluding hydrogens is 214 g/mol. The lowest BCUT2D eigenvalue weighted by Crippen LogP contribution is -2.35. The largest absolute Gasteiger partial charge is 0.396 e. The maximum atomic E-state index is 12.0. The second-order valence-corrected chi connectivity index (χ2v) is 5.43. The van der Waals surface area contributed by atoms with E-state index in [1.54, 1.807) is 0 Å². The second-order valence-electron chi connectivity index (χ2n) is 5.43. The summed E-state index contributed by atoms with van der Waals surface area (Å²) in [4.78, 5) is 12.0. The molecule has 3 heteroatoms. The smallest absolute Gasteiger partial charge is 0.223 e. The van der Waals surface area contributed by atoms with Crippen molar-refractivity contribution in [2.75, 3.05) is 13.2 Å². The molecular formula is C14H27NO2.